The van der Waals surface area contributed by atoms with Gasteiger partial charge in [-0.25, -0.2) is 0 Å². The smallest absolute Gasteiger partial charge is 0.0759 e. The molecule has 0 saturated heterocycles. The molecule has 0 radical (unpaired) electrons. The van der Waals surface area contributed by atoms with Crippen molar-refractivity contribution in [3.63, 3.8) is 0 Å². The molecule has 1 atom stereocenters. The molecule has 0 heterocycles. The fraction of sp³-hybridized carbons (Fsp3) is 0.500. The highest BCUT2D eigenvalue weighted by atomic mass is 32.1. The molecule has 0 amide bonds. The molecule has 2 N–H and O–H groups in total. The predicted octanol–water partition coefficient (Wildman–Crippen LogP) is 3.28. The molecule has 0 spiro atoms. The van der Waals surface area contributed by atoms with Crippen LogP contribution in [0.5, 0.6) is 0 Å². The number of hydrogen-bond donors (Lipinski definition) is 1. The van der Waals surface area contributed by atoms with Gasteiger partial charge in [-0.15, -0.1) is 0 Å². The van der Waals surface area contributed by atoms with Crippen molar-refractivity contribution in [2.75, 3.05) is 0 Å². The number of hydrogen-bond acceptors (Lipinski definition) is 1. The largest absolute Gasteiger partial charge is 0.393 e. The highest BCUT2D eigenvalue weighted by Gasteiger charge is 2.09. The summed E-state index contributed by atoms with van der Waals surface area (Å²) in [6, 6.07) is 6.75. The second-order valence-corrected chi connectivity index (χ2v) is 4.79. The van der Waals surface area contributed by atoms with Gasteiger partial charge in [0.2, 0.25) is 0 Å². The molecule has 1 unspecified atom stereocenters. The average molecular weight is 235 g/mol. The van der Waals surface area contributed by atoms with Crippen LogP contribution in [0.4, 0.5) is 0 Å². The van der Waals surface area contributed by atoms with E-state index < -0.39 is 0 Å². The van der Waals surface area contributed by atoms with E-state index in [2.05, 4.69) is 39.0 Å². The van der Waals surface area contributed by atoms with E-state index in [0.29, 0.717) is 4.99 Å². The Hall–Kier alpha value is -0.890. The van der Waals surface area contributed by atoms with Gasteiger partial charge in [0, 0.05) is 5.92 Å². The lowest BCUT2D eigenvalue weighted by Gasteiger charge is -2.14. The first-order valence-electron chi connectivity index (χ1n) is 5.98. The number of nitrogens with two attached hydrogens (primary N) is 1. The lowest BCUT2D eigenvalue weighted by atomic mass is 9.93. The zero-order valence-corrected chi connectivity index (χ0v) is 11.2. The SMILES string of the molecule is CCc1ccc(CC)c(CC(C)C(N)=S)c1. The van der Waals surface area contributed by atoms with E-state index in [1.807, 2.05) is 0 Å². The molecule has 1 rings (SSSR count). The Balaban J connectivity index is 2.95. The molecule has 0 aliphatic rings. The minimum Gasteiger partial charge on any atom is -0.393 e. The van der Waals surface area contributed by atoms with Crippen LogP contribution in [-0.4, -0.2) is 4.99 Å². The summed E-state index contributed by atoms with van der Waals surface area (Å²) in [5.41, 5.74) is 9.89. The van der Waals surface area contributed by atoms with Gasteiger partial charge in [-0.2, -0.15) is 0 Å². The van der Waals surface area contributed by atoms with Crippen LogP contribution in [0, 0.1) is 5.92 Å². The highest BCUT2D eigenvalue weighted by Crippen LogP contribution is 2.17. The zero-order chi connectivity index (χ0) is 12.1. The number of rotatable bonds is 5. The number of aryl methyl sites for hydroxylation is 2. The summed E-state index contributed by atoms with van der Waals surface area (Å²) in [4.78, 5) is 0.615. The van der Waals surface area contributed by atoms with E-state index in [-0.39, 0.29) is 5.92 Å². The minimum absolute atomic E-state index is 0.285. The van der Waals surface area contributed by atoms with E-state index in [9.17, 15) is 0 Å². The van der Waals surface area contributed by atoms with E-state index in [1.54, 1.807) is 0 Å². The van der Waals surface area contributed by atoms with E-state index >= 15 is 0 Å². The summed E-state index contributed by atoms with van der Waals surface area (Å²) in [5, 5.41) is 0. The molecule has 88 valence electrons. The van der Waals surface area contributed by atoms with Gasteiger partial charge < -0.3 is 5.73 Å². The number of benzene rings is 1. The maximum Gasteiger partial charge on any atom is 0.0759 e. The Morgan fingerprint density at radius 2 is 1.94 bits per heavy atom. The van der Waals surface area contributed by atoms with E-state index in [1.165, 1.54) is 16.7 Å². The van der Waals surface area contributed by atoms with Crippen molar-refractivity contribution in [2.24, 2.45) is 11.7 Å². The van der Waals surface area contributed by atoms with E-state index in [0.717, 1.165) is 19.3 Å². The third-order valence-electron chi connectivity index (χ3n) is 3.07. The van der Waals surface area contributed by atoms with Crippen molar-refractivity contribution in [3.05, 3.63) is 34.9 Å². The monoisotopic (exact) mass is 235 g/mol. The van der Waals surface area contributed by atoms with Crippen molar-refractivity contribution >= 4 is 17.2 Å². The van der Waals surface area contributed by atoms with Gasteiger partial charge in [0.15, 0.2) is 0 Å². The van der Waals surface area contributed by atoms with Crippen LogP contribution in [0.2, 0.25) is 0 Å². The van der Waals surface area contributed by atoms with Crippen molar-refractivity contribution in [1.29, 1.82) is 0 Å². The Kier molecular flexibility index (Phi) is 4.94. The molecule has 0 bridgehead atoms. The molecule has 0 fully saturated rings. The first-order valence-corrected chi connectivity index (χ1v) is 6.39. The van der Waals surface area contributed by atoms with Gasteiger partial charge >= 0.3 is 0 Å². The molecule has 0 aliphatic carbocycles. The minimum atomic E-state index is 0.285. The number of thiocarbonyl (C=S) groups is 1. The summed E-state index contributed by atoms with van der Waals surface area (Å²) in [6.45, 7) is 6.47. The normalized spacial score (nSPS) is 12.4. The van der Waals surface area contributed by atoms with Gasteiger partial charge in [0.05, 0.1) is 4.99 Å². The molecule has 1 nitrogen and oxygen atoms in total. The van der Waals surface area contributed by atoms with Gasteiger partial charge in [-0.05, 0) is 36.0 Å². The standard InChI is InChI=1S/C14H21NS/c1-4-11-6-7-12(5-2)13(9-11)8-10(3)14(15)16/h6-7,9-10H,4-5,8H2,1-3H3,(H2,15,16). The lowest BCUT2D eigenvalue weighted by Crippen LogP contribution is -2.20. The summed E-state index contributed by atoms with van der Waals surface area (Å²) in [7, 11) is 0. The maximum atomic E-state index is 5.68. The van der Waals surface area contributed by atoms with E-state index in [4.69, 9.17) is 18.0 Å². The second kappa shape index (κ2) is 6.00. The second-order valence-electron chi connectivity index (χ2n) is 4.32. The molecular weight excluding hydrogens is 214 g/mol. The van der Waals surface area contributed by atoms with Gasteiger partial charge in [0.25, 0.3) is 0 Å². The maximum absolute atomic E-state index is 5.68. The topological polar surface area (TPSA) is 26.0 Å². The summed E-state index contributed by atoms with van der Waals surface area (Å²) >= 11 is 5.04. The van der Waals surface area contributed by atoms with Crippen molar-refractivity contribution < 1.29 is 0 Å². The lowest BCUT2D eigenvalue weighted by molar-refractivity contribution is 0.761. The summed E-state index contributed by atoms with van der Waals surface area (Å²) in [6.07, 6.45) is 3.12. The Morgan fingerprint density at radius 3 is 2.44 bits per heavy atom. The molecule has 0 aliphatic heterocycles. The van der Waals surface area contributed by atoms with Crippen LogP contribution in [0.1, 0.15) is 37.5 Å². The molecule has 0 aromatic heterocycles. The summed E-state index contributed by atoms with van der Waals surface area (Å²) in [5.74, 6) is 0.285. The quantitative estimate of drug-likeness (QED) is 0.793. The third kappa shape index (κ3) is 3.31. The van der Waals surface area contributed by atoms with Crippen LogP contribution >= 0.6 is 12.2 Å². The van der Waals surface area contributed by atoms with Crippen molar-refractivity contribution in [2.45, 2.75) is 40.0 Å². The Morgan fingerprint density at radius 1 is 1.25 bits per heavy atom. The first kappa shape index (κ1) is 13.2. The fourth-order valence-electron chi connectivity index (χ4n) is 1.86. The molecule has 0 saturated carbocycles. The molecule has 1 aromatic carbocycles. The molecule has 1 aromatic rings. The molecular formula is C14H21NS. The molecule has 2 heteroatoms. The third-order valence-corrected chi connectivity index (χ3v) is 3.47. The first-order chi connectivity index (χ1) is 7.58. The van der Waals surface area contributed by atoms with Gasteiger partial charge in [-0.1, -0.05) is 51.2 Å². The van der Waals surface area contributed by atoms with Crippen LogP contribution in [0.3, 0.4) is 0 Å². The van der Waals surface area contributed by atoms with Crippen LogP contribution in [0.15, 0.2) is 18.2 Å². The van der Waals surface area contributed by atoms with Crippen LogP contribution in [0.25, 0.3) is 0 Å². The Bertz CT molecular complexity index is 371. The fourth-order valence-corrected chi connectivity index (χ4v) is 1.95. The van der Waals surface area contributed by atoms with Crippen LogP contribution < -0.4 is 5.73 Å². The average Bonchev–Trinajstić information content (AvgIpc) is 2.28. The predicted molar refractivity (Wildman–Crippen MR) is 74.9 cm³/mol. The summed E-state index contributed by atoms with van der Waals surface area (Å²) < 4.78 is 0. The van der Waals surface area contributed by atoms with Gasteiger partial charge in [0.1, 0.15) is 0 Å². The van der Waals surface area contributed by atoms with Crippen molar-refractivity contribution in [3.8, 4) is 0 Å². The highest BCUT2D eigenvalue weighted by molar-refractivity contribution is 7.80. The zero-order valence-electron chi connectivity index (χ0n) is 10.4. The van der Waals surface area contributed by atoms with Gasteiger partial charge in [-0.3, -0.25) is 0 Å². The van der Waals surface area contributed by atoms with Crippen LogP contribution in [-0.2, 0) is 19.3 Å². The van der Waals surface area contributed by atoms with Crippen molar-refractivity contribution in [1.82, 2.24) is 0 Å². The Labute approximate surface area is 104 Å². The molecule has 16 heavy (non-hydrogen) atoms.